The Morgan fingerprint density at radius 2 is 1.69 bits per heavy atom. The molecule has 0 aliphatic carbocycles. The Hall–Kier alpha value is -0.530. The van der Waals surface area contributed by atoms with Gasteiger partial charge in [0.1, 0.15) is 0 Å². The predicted octanol–water partition coefficient (Wildman–Crippen LogP) is 3.85. The van der Waals surface area contributed by atoms with Gasteiger partial charge >= 0.3 is 0 Å². The summed E-state index contributed by atoms with van der Waals surface area (Å²) >= 11 is 0. The molecule has 0 bridgehead atoms. The van der Waals surface area contributed by atoms with Crippen LogP contribution in [0.25, 0.3) is 0 Å². The number of amides is 1. The van der Waals surface area contributed by atoms with Crippen LogP contribution < -0.4 is 0 Å². The highest BCUT2D eigenvalue weighted by atomic mass is 16.2. The first-order chi connectivity index (χ1) is 7.61. The summed E-state index contributed by atoms with van der Waals surface area (Å²) < 4.78 is 0. The SMILES string of the molecule is CC.CC.CC1(C)CC2CCCCN2C1=O. The Balaban J connectivity index is 0.000000509. The third-order valence-corrected chi connectivity index (χ3v) is 3.21. The van der Waals surface area contributed by atoms with Crippen molar-refractivity contribution < 1.29 is 4.79 Å². The molecule has 0 aromatic heterocycles. The Morgan fingerprint density at radius 3 is 2.19 bits per heavy atom. The fourth-order valence-corrected chi connectivity index (χ4v) is 2.55. The molecule has 2 saturated heterocycles. The summed E-state index contributed by atoms with van der Waals surface area (Å²) in [5, 5.41) is 0. The lowest BCUT2D eigenvalue weighted by atomic mass is 9.89. The van der Waals surface area contributed by atoms with Gasteiger partial charge in [-0.25, -0.2) is 0 Å². The van der Waals surface area contributed by atoms with Crippen LogP contribution >= 0.6 is 0 Å². The van der Waals surface area contributed by atoms with Gasteiger partial charge in [0.15, 0.2) is 0 Å². The summed E-state index contributed by atoms with van der Waals surface area (Å²) in [7, 11) is 0. The van der Waals surface area contributed by atoms with Crippen LogP contribution in [0.4, 0.5) is 0 Å². The Labute approximate surface area is 101 Å². The summed E-state index contributed by atoms with van der Waals surface area (Å²) in [4.78, 5) is 13.9. The zero-order chi connectivity index (χ0) is 12.8. The molecule has 1 unspecified atom stereocenters. The van der Waals surface area contributed by atoms with Crippen molar-refractivity contribution in [3.63, 3.8) is 0 Å². The number of hydrogen-bond acceptors (Lipinski definition) is 1. The third kappa shape index (κ3) is 3.23. The van der Waals surface area contributed by atoms with Crippen molar-refractivity contribution in [3.05, 3.63) is 0 Å². The van der Waals surface area contributed by atoms with Crippen molar-refractivity contribution in [1.82, 2.24) is 4.90 Å². The molecule has 0 radical (unpaired) electrons. The lowest BCUT2D eigenvalue weighted by molar-refractivity contribution is -0.136. The molecule has 2 aliphatic rings. The van der Waals surface area contributed by atoms with E-state index in [4.69, 9.17) is 0 Å². The molecule has 2 heteroatoms. The number of carbonyl (C=O) groups is 1. The van der Waals surface area contributed by atoms with Crippen LogP contribution in [0.5, 0.6) is 0 Å². The van der Waals surface area contributed by atoms with Gasteiger partial charge in [-0.3, -0.25) is 4.79 Å². The molecule has 1 amide bonds. The monoisotopic (exact) mass is 227 g/mol. The topological polar surface area (TPSA) is 20.3 Å². The van der Waals surface area contributed by atoms with E-state index < -0.39 is 0 Å². The van der Waals surface area contributed by atoms with Crippen molar-refractivity contribution in [3.8, 4) is 0 Å². The smallest absolute Gasteiger partial charge is 0.228 e. The van der Waals surface area contributed by atoms with E-state index >= 15 is 0 Å². The van der Waals surface area contributed by atoms with Gasteiger partial charge in [-0.05, 0) is 25.7 Å². The Kier molecular flexibility index (Phi) is 6.70. The fourth-order valence-electron chi connectivity index (χ4n) is 2.55. The normalized spacial score (nSPS) is 26.0. The second-order valence-electron chi connectivity index (χ2n) is 4.74. The van der Waals surface area contributed by atoms with Crippen molar-refractivity contribution in [1.29, 1.82) is 0 Å². The van der Waals surface area contributed by atoms with E-state index in [0.29, 0.717) is 11.9 Å². The van der Waals surface area contributed by atoms with E-state index in [2.05, 4.69) is 18.7 Å². The summed E-state index contributed by atoms with van der Waals surface area (Å²) in [6.07, 6.45) is 4.82. The van der Waals surface area contributed by atoms with Crippen LogP contribution in [-0.2, 0) is 4.79 Å². The molecule has 0 aromatic carbocycles. The molecule has 0 spiro atoms. The Bertz CT molecular complexity index is 211. The van der Waals surface area contributed by atoms with Crippen LogP contribution in [0.15, 0.2) is 0 Å². The average molecular weight is 227 g/mol. The molecule has 0 N–H and O–H groups in total. The molecule has 2 nitrogen and oxygen atoms in total. The molecular formula is C14H29NO. The molecule has 0 saturated carbocycles. The zero-order valence-corrected chi connectivity index (χ0v) is 12.0. The summed E-state index contributed by atoms with van der Waals surface area (Å²) in [6, 6.07) is 0.571. The first-order valence-corrected chi connectivity index (χ1v) is 6.92. The minimum atomic E-state index is -0.0744. The predicted molar refractivity (Wildman–Crippen MR) is 70.4 cm³/mol. The highest BCUT2D eigenvalue weighted by Gasteiger charge is 2.45. The van der Waals surface area contributed by atoms with Crippen molar-refractivity contribution in [2.24, 2.45) is 5.41 Å². The second-order valence-corrected chi connectivity index (χ2v) is 4.74. The first kappa shape index (κ1) is 15.5. The van der Waals surface area contributed by atoms with Crippen LogP contribution in [0.2, 0.25) is 0 Å². The quantitative estimate of drug-likeness (QED) is 0.615. The highest BCUT2D eigenvalue weighted by Crippen LogP contribution is 2.39. The number of carbonyl (C=O) groups excluding carboxylic acids is 1. The Morgan fingerprint density at radius 1 is 1.12 bits per heavy atom. The summed E-state index contributed by atoms with van der Waals surface area (Å²) in [5.74, 6) is 0.382. The van der Waals surface area contributed by atoms with E-state index in [1.165, 1.54) is 19.3 Å². The van der Waals surface area contributed by atoms with Gasteiger partial charge in [0.25, 0.3) is 0 Å². The van der Waals surface area contributed by atoms with E-state index in [1.807, 2.05) is 27.7 Å². The fraction of sp³-hybridized carbons (Fsp3) is 0.929. The number of hydrogen-bond donors (Lipinski definition) is 0. The molecule has 2 aliphatic heterocycles. The van der Waals surface area contributed by atoms with Crippen LogP contribution in [0.3, 0.4) is 0 Å². The van der Waals surface area contributed by atoms with Crippen LogP contribution in [0, 0.1) is 5.41 Å². The molecule has 2 heterocycles. The van der Waals surface area contributed by atoms with Gasteiger partial charge in [0.05, 0.1) is 0 Å². The molecule has 0 aromatic rings. The minimum Gasteiger partial charge on any atom is -0.339 e. The first-order valence-electron chi connectivity index (χ1n) is 6.92. The van der Waals surface area contributed by atoms with Gasteiger partial charge < -0.3 is 4.90 Å². The van der Waals surface area contributed by atoms with Crippen molar-refractivity contribution in [2.75, 3.05) is 6.54 Å². The van der Waals surface area contributed by atoms with Gasteiger partial charge in [-0.1, -0.05) is 41.5 Å². The maximum absolute atomic E-state index is 11.8. The summed E-state index contributed by atoms with van der Waals surface area (Å²) in [6.45, 7) is 13.2. The van der Waals surface area contributed by atoms with Gasteiger partial charge in [-0.15, -0.1) is 0 Å². The van der Waals surface area contributed by atoms with Crippen LogP contribution in [-0.4, -0.2) is 23.4 Å². The van der Waals surface area contributed by atoms with E-state index in [-0.39, 0.29) is 5.41 Å². The van der Waals surface area contributed by atoms with Gasteiger partial charge in [-0.2, -0.15) is 0 Å². The molecular weight excluding hydrogens is 198 g/mol. The summed E-state index contributed by atoms with van der Waals surface area (Å²) in [5.41, 5.74) is -0.0744. The number of piperidine rings is 1. The van der Waals surface area contributed by atoms with Gasteiger partial charge in [0, 0.05) is 18.0 Å². The number of rotatable bonds is 0. The van der Waals surface area contributed by atoms with E-state index in [1.54, 1.807) is 0 Å². The van der Waals surface area contributed by atoms with E-state index in [0.717, 1.165) is 13.0 Å². The number of fused-ring (bicyclic) bond motifs is 1. The van der Waals surface area contributed by atoms with Gasteiger partial charge in [0.2, 0.25) is 5.91 Å². The van der Waals surface area contributed by atoms with E-state index in [9.17, 15) is 4.79 Å². The molecule has 2 fully saturated rings. The lowest BCUT2D eigenvalue weighted by Crippen LogP contribution is -2.38. The second kappa shape index (κ2) is 6.93. The van der Waals surface area contributed by atoms with Crippen molar-refractivity contribution >= 4 is 5.91 Å². The number of nitrogens with zero attached hydrogens (tertiary/aromatic N) is 1. The maximum atomic E-state index is 11.8. The molecule has 1 atom stereocenters. The third-order valence-electron chi connectivity index (χ3n) is 3.21. The minimum absolute atomic E-state index is 0.0744. The lowest BCUT2D eigenvalue weighted by Gasteiger charge is -2.29. The zero-order valence-electron chi connectivity index (χ0n) is 12.0. The largest absolute Gasteiger partial charge is 0.339 e. The van der Waals surface area contributed by atoms with Crippen LogP contribution in [0.1, 0.15) is 67.2 Å². The van der Waals surface area contributed by atoms with Crippen molar-refractivity contribution in [2.45, 2.75) is 73.3 Å². The molecule has 2 rings (SSSR count). The molecule has 96 valence electrons. The maximum Gasteiger partial charge on any atom is 0.228 e. The highest BCUT2D eigenvalue weighted by molar-refractivity contribution is 5.84. The molecule has 16 heavy (non-hydrogen) atoms. The average Bonchev–Trinajstić information content (AvgIpc) is 2.56. The standard InChI is InChI=1S/C10H17NO.2C2H6/c1-10(2)7-8-5-3-4-6-11(8)9(10)12;2*1-2/h8H,3-7H2,1-2H3;2*1-2H3.